The summed E-state index contributed by atoms with van der Waals surface area (Å²) in [7, 11) is 1.68. The van der Waals surface area contributed by atoms with Gasteiger partial charge in [-0.05, 0) is 0 Å². The fourth-order valence-electron chi connectivity index (χ4n) is 2.28. The number of likely N-dealkylation sites (tertiary alicyclic amines) is 1. The number of hydrogen-bond acceptors (Lipinski definition) is 3. The van der Waals surface area contributed by atoms with Crippen molar-refractivity contribution in [2.75, 3.05) is 46.7 Å². The predicted molar refractivity (Wildman–Crippen MR) is 51.0 cm³/mol. The molecule has 2 rings (SSSR count). The molecule has 2 saturated heterocycles. The highest BCUT2D eigenvalue weighted by Crippen LogP contribution is 2.27. The summed E-state index contributed by atoms with van der Waals surface area (Å²) in [5.41, 5.74) is 0. The highest BCUT2D eigenvalue weighted by atomic mass is 19.1. The lowest BCUT2D eigenvalue weighted by Crippen LogP contribution is -2.48. The molecule has 2 aliphatic rings. The quantitative estimate of drug-likeness (QED) is 0.666. The van der Waals surface area contributed by atoms with Crippen molar-refractivity contribution in [3.63, 3.8) is 0 Å². The third-order valence-corrected chi connectivity index (χ3v) is 3.32. The highest BCUT2D eigenvalue weighted by Gasteiger charge is 2.38. The highest BCUT2D eigenvalue weighted by molar-refractivity contribution is 4.89. The molecule has 2 atom stereocenters. The van der Waals surface area contributed by atoms with Gasteiger partial charge in [-0.15, -0.1) is 0 Å². The van der Waals surface area contributed by atoms with E-state index in [2.05, 4.69) is 4.90 Å². The number of hydrogen-bond donors (Lipinski definition) is 0. The van der Waals surface area contributed by atoms with Crippen LogP contribution in [0.2, 0.25) is 0 Å². The fraction of sp³-hybridized carbons (Fsp3) is 1.00. The Hall–Kier alpha value is -0.190. The summed E-state index contributed by atoms with van der Waals surface area (Å²) in [5.74, 6) is 0.529. The summed E-state index contributed by atoms with van der Waals surface area (Å²) >= 11 is 0. The second-order valence-corrected chi connectivity index (χ2v) is 4.27. The van der Waals surface area contributed by atoms with E-state index in [1.807, 2.05) is 0 Å². The molecule has 4 heteroatoms. The largest absolute Gasteiger partial charge is 0.384 e. The van der Waals surface area contributed by atoms with Gasteiger partial charge in [0.05, 0.1) is 32.5 Å². The van der Waals surface area contributed by atoms with E-state index < -0.39 is 0 Å². The molecule has 0 saturated carbocycles. The average Bonchev–Trinajstić information content (AvgIpc) is 2.46. The molecule has 0 aliphatic carbocycles. The topological polar surface area (TPSA) is 21.7 Å². The summed E-state index contributed by atoms with van der Waals surface area (Å²) in [6.07, 6.45) is 0. The van der Waals surface area contributed by atoms with Gasteiger partial charge in [-0.1, -0.05) is 0 Å². The lowest BCUT2D eigenvalue weighted by Gasteiger charge is -2.34. The molecular formula is C10H18FNO2. The zero-order valence-corrected chi connectivity index (χ0v) is 8.62. The smallest absolute Gasteiger partial charge is 0.0938 e. The molecule has 0 N–H and O–H groups in total. The number of ether oxygens (including phenoxy) is 2. The maximum Gasteiger partial charge on any atom is 0.0938 e. The molecule has 2 aliphatic heterocycles. The molecule has 0 bridgehead atoms. The summed E-state index contributed by atoms with van der Waals surface area (Å²) in [6.45, 7) is 3.93. The third-order valence-electron chi connectivity index (χ3n) is 3.32. The van der Waals surface area contributed by atoms with Crippen molar-refractivity contribution in [2.24, 2.45) is 11.8 Å². The minimum Gasteiger partial charge on any atom is -0.384 e. The first-order valence-electron chi connectivity index (χ1n) is 5.22. The number of methoxy groups -OCH3 is 1. The van der Waals surface area contributed by atoms with Crippen molar-refractivity contribution in [1.29, 1.82) is 0 Å². The minimum absolute atomic E-state index is 0.163. The van der Waals surface area contributed by atoms with Crippen LogP contribution in [0.5, 0.6) is 0 Å². The van der Waals surface area contributed by atoms with Gasteiger partial charge >= 0.3 is 0 Å². The van der Waals surface area contributed by atoms with Crippen molar-refractivity contribution in [1.82, 2.24) is 4.90 Å². The molecule has 0 amide bonds. The monoisotopic (exact) mass is 203 g/mol. The molecule has 0 aromatic carbocycles. The molecule has 2 heterocycles. The van der Waals surface area contributed by atoms with E-state index in [1.54, 1.807) is 7.11 Å². The van der Waals surface area contributed by atoms with Gasteiger partial charge in [0.2, 0.25) is 0 Å². The average molecular weight is 203 g/mol. The summed E-state index contributed by atoms with van der Waals surface area (Å²) < 4.78 is 23.0. The SMILES string of the molecule is COC[C@H]1CN(C2COC2)C[C@@H]1CF. The molecule has 2 fully saturated rings. The van der Waals surface area contributed by atoms with Crippen LogP contribution in [-0.2, 0) is 9.47 Å². The maximum absolute atomic E-state index is 12.7. The predicted octanol–water partition coefficient (Wildman–Crippen LogP) is 0.549. The molecule has 0 unspecified atom stereocenters. The van der Waals surface area contributed by atoms with E-state index in [-0.39, 0.29) is 12.6 Å². The van der Waals surface area contributed by atoms with Gasteiger partial charge in [-0.25, -0.2) is 0 Å². The minimum atomic E-state index is -0.224. The van der Waals surface area contributed by atoms with E-state index in [9.17, 15) is 4.39 Å². The molecule has 82 valence electrons. The van der Waals surface area contributed by atoms with E-state index in [1.165, 1.54) is 0 Å². The lowest BCUT2D eigenvalue weighted by molar-refractivity contribution is -0.0594. The van der Waals surface area contributed by atoms with E-state index in [0.717, 1.165) is 26.3 Å². The van der Waals surface area contributed by atoms with Gasteiger partial charge in [0.15, 0.2) is 0 Å². The summed E-state index contributed by atoms with van der Waals surface area (Å²) in [5, 5.41) is 0. The zero-order chi connectivity index (χ0) is 9.97. The number of rotatable bonds is 4. The second-order valence-electron chi connectivity index (χ2n) is 4.27. The Kier molecular flexibility index (Phi) is 3.36. The first-order chi connectivity index (χ1) is 6.85. The molecule has 14 heavy (non-hydrogen) atoms. The van der Waals surface area contributed by atoms with Gasteiger partial charge in [0.1, 0.15) is 0 Å². The van der Waals surface area contributed by atoms with Crippen LogP contribution in [0, 0.1) is 11.8 Å². The van der Waals surface area contributed by atoms with Crippen molar-refractivity contribution in [3.05, 3.63) is 0 Å². The first kappa shape index (κ1) is 10.3. The molecule has 0 aromatic rings. The van der Waals surface area contributed by atoms with Crippen LogP contribution in [-0.4, -0.2) is 57.6 Å². The van der Waals surface area contributed by atoms with Crippen LogP contribution in [0.25, 0.3) is 0 Å². The first-order valence-corrected chi connectivity index (χ1v) is 5.22. The van der Waals surface area contributed by atoms with E-state index in [0.29, 0.717) is 18.6 Å². The normalized spacial score (nSPS) is 34.7. The molecule has 0 radical (unpaired) electrons. The Balaban J connectivity index is 1.86. The number of halogens is 1. The standard InChI is InChI=1S/C10H18FNO2/c1-13-5-9-4-12(3-8(9)2-11)10-6-14-7-10/h8-10H,2-7H2,1H3/t8-,9+/m0/s1. The third kappa shape index (κ3) is 1.92. The summed E-state index contributed by atoms with van der Waals surface area (Å²) in [4.78, 5) is 2.34. The van der Waals surface area contributed by atoms with Gasteiger partial charge in [0, 0.05) is 32.0 Å². The lowest BCUT2D eigenvalue weighted by atomic mass is 9.99. The van der Waals surface area contributed by atoms with Crippen LogP contribution < -0.4 is 0 Å². The Labute approximate surface area is 84.2 Å². The number of nitrogens with zero attached hydrogens (tertiary/aromatic N) is 1. The molecule has 0 aromatic heterocycles. The van der Waals surface area contributed by atoms with Gasteiger partial charge < -0.3 is 9.47 Å². The fourth-order valence-corrected chi connectivity index (χ4v) is 2.28. The maximum atomic E-state index is 12.7. The van der Waals surface area contributed by atoms with E-state index >= 15 is 0 Å². The Morgan fingerprint density at radius 1 is 1.36 bits per heavy atom. The van der Waals surface area contributed by atoms with Gasteiger partial charge in [0.25, 0.3) is 0 Å². The Morgan fingerprint density at radius 3 is 2.57 bits per heavy atom. The second kappa shape index (κ2) is 4.55. The van der Waals surface area contributed by atoms with Crippen molar-refractivity contribution >= 4 is 0 Å². The molecule has 3 nitrogen and oxygen atoms in total. The van der Waals surface area contributed by atoms with Crippen LogP contribution in [0.4, 0.5) is 4.39 Å². The van der Waals surface area contributed by atoms with Crippen molar-refractivity contribution < 1.29 is 13.9 Å². The molecule has 0 spiro atoms. The van der Waals surface area contributed by atoms with Crippen molar-refractivity contribution in [3.8, 4) is 0 Å². The Bertz CT molecular complexity index is 187. The van der Waals surface area contributed by atoms with Crippen LogP contribution >= 0.6 is 0 Å². The Morgan fingerprint density at radius 2 is 2.07 bits per heavy atom. The van der Waals surface area contributed by atoms with Crippen LogP contribution in [0.3, 0.4) is 0 Å². The van der Waals surface area contributed by atoms with Gasteiger partial charge in [-0.2, -0.15) is 0 Å². The van der Waals surface area contributed by atoms with E-state index in [4.69, 9.17) is 9.47 Å². The van der Waals surface area contributed by atoms with Crippen molar-refractivity contribution in [2.45, 2.75) is 6.04 Å². The van der Waals surface area contributed by atoms with Gasteiger partial charge in [-0.3, -0.25) is 9.29 Å². The summed E-state index contributed by atoms with van der Waals surface area (Å²) in [6, 6.07) is 0.533. The van der Waals surface area contributed by atoms with Crippen LogP contribution in [0.15, 0.2) is 0 Å². The zero-order valence-electron chi connectivity index (χ0n) is 8.62. The number of alkyl halides is 1. The molecular weight excluding hydrogens is 185 g/mol. The van der Waals surface area contributed by atoms with Crippen LogP contribution in [0.1, 0.15) is 0 Å².